The zero-order valence-corrected chi connectivity index (χ0v) is 11.8. The summed E-state index contributed by atoms with van der Waals surface area (Å²) < 4.78 is 18.3. The molecule has 114 valence electrons. The number of amides is 1. The van der Waals surface area contributed by atoms with E-state index in [4.69, 9.17) is 16.3 Å². The summed E-state index contributed by atoms with van der Waals surface area (Å²) in [5, 5.41) is 13.4. The van der Waals surface area contributed by atoms with Gasteiger partial charge in [-0.15, -0.1) is 0 Å². The highest BCUT2D eigenvalue weighted by Crippen LogP contribution is 2.27. The fraction of sp³-hybridized carbons (Fsp3) is 0.0714. The van der Waals surface area contributed by atoms with E-state index in [0.717, 1.165) is 6.07 Å². The molecule has 1 N–H and O–H groups in total. The Labute approximate surface area is 129 Å². The topological polar surface area (TPSA) is 81.5 Å². The average Bonchev–Trinajstić information content (AvgIpc) is 2.48. The summed E-state index contributed by atoms with van der Waals surface area (Å²) >= 11 is 5.67. The fourth-order valence-electron chi connectivity index (χ4n) is 1.65. The van der Waals surface area contributed by atoms with E-state index in [1.165, 1.54) is 30.3 Å². The van der Waals surface area contributed by atoms with Crippen LogP contribution in [0.1, 0.15) is 0 Å². The number of rotatable bonds is 5. The van der Waals surface area contributed by atoms with E-state index < -0.39 is 23.3 Å². The van der Waals surface area contributed by atoms with Gasteiger partial charge in [-0.25, -0.2) is 4.39 Å². The SMILES string of the molecule is O=C(COc1ccccc1F)Nc1ccc(Cl)cc1[N+](=O)[O-]. The Morgan fingerprint density at radius 3 is 2.73 bits per heavy atom. The number of nitrogens with zero attached hydrogens (tertiary/aromatic N) is 1. The van der Waals surface area contributed by atoms with E-state index in [1.54, 1.807) is 6.07 Å². The van der Waals surface area contributed by atoms with Gasteiger partial charge in [-0.1, -0.05) is 23.7 Å². The summed E-state index contributed by atoms with van der Waals surface area (Å²) in [6, 6.07) is 9.43. The third kappa shape index (κ3) is 3.92. The van der Waals surface area contributed by atoms with Crippen molar-refractivity contribution in [1.29, 1.82) is 0 Å². The van der Waals surface area contributed by atoms with Crippen LogP contribution in [-0.4, -0.2) is 17.4 Å². The molecular weight excluding hydrogens is 315 g/mol. The highest BCUT2D eigenvalue weighted by Gasteiger charge is 2.17. The van der Waals surface area contributed by atoms with Gasteiger partial charge in [0, 0.05) is 11.1 Å². The molecule has 0 fully saturated rings. The normalized spacial score (nSPS) is 10.1. The maximum absolute atomic E-state index is 13.3. The maximum atomic E-state index is 13.3. The van der Waals surface area contributed by atoms with Crippen LogP contribution < -0.4 is 10.1 Å². The molecule has 1 amide bonds. The number of carbonyl (C=O) groups excluding carboxylic acids is 1. The van der Waals surface area contributed by atoms with E-state index in [2.05, 4.69) is 5.32 Å². The van der Waals surface area contributed by atoms with Gasteiger partial charge in [-0.3, -0.25) is 14.9 Å². The minimum Gasteiger partial charge on any atom is -0.481 e. The summed E-state index contributed by atoms with van der Waals surface area (Å²) in [7, 11) is 0. The molecule has 0 saturated heterocycles. The van der Waals surface area contributed by atoms with E-state index in [9.17, 15) is 19.3 Å². The molecule has 22 heavy (non-hydrogen) atoms. The van der Waals surface area contributed by atoms with Gasteiger partial charge in [0.1, 0.15) is 5.69 Å². The highest BCUT2D eigenvalue weighted by atomic mass is 35.5. The second-order valence-electron chi connectivity index (χ2n) is 4.19. The van der Waals surface area contributed by atoms with Crippen LogP contribution in [0.3, 0.4) is 0 Å². The Hall–Kier alpha value is -2.67. The first-order valence-corrected chi connectivity index (χ1v) is 6.46. The molecule has 0 unspecified atom stereocenters. The van der Waals surface area contributed by atoms with Gasteiger partial charge in [0.15, 0.2) is 18.2 Å². The van der Waals surface area contributed by atoms with Crippen molar-refractivity contribution < 1.29 is 18.8 Å². The van der Waals surface area contributed by atoms with Crippen LogP contribution in [0.2, 0.25) is 5.02 Å². The van der Waals surface area contributed by atoms with Gasteiger partial charge >= 0.3 is 0 Å². The predicted molar refractivity (Wildman–Crippen MR) is 78.6 cm³/mol. The molecule has 2 aromatic rings. The average molecular weight is 325 g/mol. The lowest BCUT2D eigenvalue weighted by molar-refractivity contribution is -0.383. The first-order valence-electron chi connectivity index (χ1n) is 6.08. The van der Waals surface area contributed by atoms with Crippen molar-refractivity contribution in [3.05, 3.63) is 63.4 Å². The number of halogens is 2. The molecular formula is C14H10ClFN2O4. The Bertz CT molecular complexity index is 724. The van der Waals surface area contributed by atoms with Crippen molar-refractivity contribution in [3.63, 3.8) is 0 Å². The zero-order valence-electron chi connectivity index (χ0n) is 11.1. The highest BCUT2D eigenvalue weighted by molar-refractivity contribution is 6.31. The number of nitro groups is 1. The third-order valence-electron chi connectivity index (χ3n) is 2.63. The van der Waals surface area contributed by atoms with E-state index in [-0.39, 0.29) is 22.1 Å². The second-order valence-corrected chi connectivity index (χ2v) is 4.62. The van der Waals surface area contributed by atoms with Crippen molar-refractivity contribution in [2.75, 3.05) is 11.9 Å². The van der Waals surface area contributed by atoms with E-state index >= 15 is 0 Å². The summed E-state index contributed by atoms with van der Waals surface area (Å²) in [4.78, 5) is 22.0. The summed E-state index contributed by atoms with van der Waals surface area (Å²) in [5.41, 5.74) is -0.358. The van der Waals surface area contributed by atoms with E-state index in [0.29, 0.717) is 0 Å². The first-order chi connectivity index (χ1) is 10.5. The van der Waals surface area contributed by atoms with Crippen LogP contribution in [0.25, 0.3) is 0 Å². The molecule has 0 atom stereocenters. The molecule has 0 spiro atoms. The molecule has 0 aliphatic heterocycles. The quantitative estimate of drug-likeness (QED) is 0.675. The Kier molecular flexibility index (Phi) is 4.90. The van der Waals surface area contributed by atoms with Crippen molar-refractivity contribution in [3.8, 4) is 5.75 Å². The number of hydrogen-bond donors (Lipinski definition) is 1. The molecule has 8 heteroatoms. The van der Waals surface area contributed by atoms with Crippen LogP contribution in [0.4, 0.5) is 15.8 Å². The summed E-state index contributed by atoms with van der Waals surface area (Å²) in [6.45, 7) is -0.485. The largest absolute Gasteiger partial charge is 0.481 e. The van der Waals surface area contributed by atoms with Crippen LogP contribution in [0, 0.1) is 15.9 Å². The van der Waals surface area contributed by atoms with Gasteiger partial charge in [0.25, 0.3) is 11.6 Å². The number of hydrogen-bond acceptors (Lipinski definition) is 4. The number of nitro benzene ring substituents is 1. The smallest absolute Gasteiger partial charge is 0.294 e. The van der Waals surface area contributed by atoms with Crippen LogP contribution in [0.15, 0.2) is 42.5 Å². The fourth-order valence-corrected chi connectivity index (χ4v) is 1.82. The van der Waals surface area contributed by atoms with E-state index in [1.807, 2.05) is 0 Å². The van der Waals surface area contributed by atoms with Gasteiger partial charge in [-0.2, -0.15) is 0 Å². The number of para-hydroxylation sites is 1. The monoisotopic (exact) mass is 324 g/mol. The Morgan fingerprint density at radius 2 is 2.05 bits per heavy atom. The minimum absolute atomic E-state index is 0.0171. The van der Waals surface area contributed by atoms with Crippen molar-refractivity contribution in [2.45, 2.75) is 0 Å². The number of benzene rings is 2. The Morgan fingerprint density at radius 1 is 1.32 bits per heavy atom. The standard InChI is InChI=1S/C14H10ClFN2O4/c15-9-5-6-11(12(7-9)18(20)21)17-14(19)8-22-13-4-2-1-3-10(13)16/h1-7H,8H2,(H,17,19). The molecule has 0 aliphatic carbocycles. The second kappa shape index (κ2) is 6.86. The van der Waals surface area contributed by atoms with Gasteiger partial charge in [0.05, 0.1) is 4.92 Å². The van der Waals surface area contributed by atoms with Crippen LogP contribution in [-0.2, 0) is 4.79 Å². The van der Waals surface area contributed by atoms with Crippen molar-refractivity contribution >= 4 is 28.9 Å². The van der Waals surface area contributed by atoms with Crippen LogP contribution >= 0.6 is 11.6 Å². The van der Waals surface area contributed by atoms with Crippen molar-refractivity contribution in [2.24, 2.45) is 0 Å². The molecule has 0 saturated carbocycles. The molecule has 2 aromatic carbocycles. The molecule has 2 rings (SSSR count). The van der Waals surface area contributed by atoms with Crippen molar-refractivity contribution in [1.82, 2.24) is 0 Å². The number of ether oxygens (including phenoxy) is 1. The molecule has 6 nitrogen and oxygen atoms in total. The summed E-state index contributed by atoms with van der Waals surface area (Å²) in [5.74, 6) is -1.34. The lowest BCUT2D eigenvalue weighted by Crippen LogP contribution is -2.21. The molecule has 0 bridgehead atoms. The van der Waals surface area contributed by atoms with Crippen LogP contribution in [0.5, 0.6) is 5.75 Å². The molecule has 0 radical (unpaired) electrons. The van der Waals surface area contributed by atoms with Gasteiger partial charge in [-0.05, 0) is 24.3 Å². The number of nitrogens with one attached hydrogen (secondary N) is 1. The number of anilines is 1. The van der Waals surface area contributed by atoms with Gasteiger partial charge < -0.3 is 10.1 Å². The lowest BCUT2D eigenvalue weighted by atomic mass is 10.2. The minimum atomic E-state index is -0.667. The number of carbonyl (C=O) groups is 1. The summed E-state index contributed by atoms with van der Waals surface area (Å²) in [6.07, 6.45) is 0. The maximum Gasteiger partial charge on any atom is 0.294 e. The Balaban J connectivity index is 2.04. The first kappa shape index (κ1) is 15.7. The van der Waals surface area contributed by atoms with Gasteiger partial charge in [0.2, 0.25) is 0 Å². The molecule has 0 aliphatic rings. The predicted octanol–water partition coefficient (Wildman–Crippen LogP) is 3.40. The lowest BCUT2D eigenvalue weighted by Gasteiger charge is -2.08. The molecule has 0 aromatic heterocycles. The third-order valence-corrected chi connectivity index (χ3v) is 2.86. The zero-order chi connectivity index (χ0) is 16.1. The molecule has 0 heterocycles.